The number of ether oxygens (including phenoxy) is 3. The molecule has 0 radical (unpaired) electrons. The van der Waals surface area contributed by atoms with E-state index in [-0.39, 0.29) is 124 Å². The van der Waals surface area contributed by atoms with Gasteiger partial charge in [-0.05, 0) is 212 Å². The molecule has 0 aromatic carbocycles. The van der Waals surface area contributed by atoms with Crippen molar-refractivity contribution < 1.29 is 107 Å². The third-order valence-corrected chi connectivity index (χ3v) is 22.2. The lowest BCUT2D eigenvalue weighted by atomic mass is 9.88. The van der Waals surface area contributed by atoms with Gasteiger partial charge in [-0.25, -0.2) is 18.9 Å². The van der Waals surface area contributed by atoms with E-state index in [0.29, 0.717) is 96.3 Å². The molecule has 608 valence electrons. The third kappa shape index (κ3) is 39.8. The van der Waals surface area contributed by atoms with Gasteiger partial charge in [0.05, 0.1) is 102 Å². The molecule has 105 heavy (non-hydrogen) atoms. The van der Waals surface area contributed by atoms with Crippen molar-refractivity contribution in [2.45, 2.75) is 383 Å². The van der Waals surface area contributed by atoms with Gasteiger partial charge in [-0.3, -0.25) is 9.35 Å². The maximum Gasteiger partial charge on any atom is 0.397 e. The van der Waals surface area contributed by atoms with E-state index in [9.17, 15) is 83.8 Å². The minimum Gasteiger partial charge on any atom is -0.456 e. The number of nitrogens with two attached hydrogens (primary N) is 1. The van der Waals surface area contributed by atoms with Gasteiger partial charge in [0.25, 0.3) is 0 Å². The second kappa shape index (κ2) is 50.4. The zero-order valence-corrected chi connectivity index (χ0v) is 65.6. The lowest BCUT2D eigenvalue weighted by Crippen LogP contribution is -2.55. The number of aromatic nitrogens is 2. The van der Waals surface area contributed by atoms with Crippen LogP contribution in [0, 0.1) is 23.7 Å². The fourth-order valence-electron chi connectivity index (χ4n) is 14.2. The summed E-state index contributed by atoms with van der Waals surface area (Å²) in [4.78, 5) is 37.2. The molecule has 2 aromatic rings. The van der Waals surface area contributed by atoms with Gasteiger partial charge in [-0.15, -0.1) is 11.3 Å². The molecule has 1 fully saturated rings. The van der Waals surface area contributed by atoms with Crippen molar-refractivity contribution in [3.8, 4) is 0 Å². The highest BCUT2D eigenvalue weighted by atomic mass is 32.3. The van der Waals surface area contributed by atoms with Gasteiger partial charge in [0.2, 0.25) is 5.91 Å². The number of thiazole rings is 1. The third-order valence-electron chi connectivity index (χ3n) is 20.8. The predicted molar refractivity (Wildman–Crippen MR) is 401 cm³/mol. The van der Waals surface area contributed by atoms with E-state index in [2.05, 4.69) is 22.6 Å². The molecule has 0 spiro atoms. The van der Waals surface area contributed by atoms with E-state index < -0.39 is 126 Å². The highest BCUT2D eigenvalue weighted by Crippen LogP contribution is 2.38. The Hall–Kier alpha value is -3.47. The summed E-state index contributed by atoms with van der Waals surface area (Å²) in [6, 6.07) is -1.25. The molecule has 2 aromatic heterocycles. The van der Waals surface area contributed by atoms with Gasteiger partial charge in [0, 0.05) is 42.9 Å². The van der Waals surface area contributed by atoms with Gasteiger partial charge >= 0.3 is 16.4 Å². The Morgan fingerprint density at radius 2 is 1.26 bits per heavy atom. The Bertz CT molecular complexity index is 2850. The summed E-state index contributed by atoms with van der Waals surface area (Å²) < 4.78 is 64.3. The lowest BCUT2D eigenvalue weighted by molar-refractivity contribution is -0.120. The zero-order valence-electron chi connectivity index (χ0n) is 64.0. The molecule has 1 saturated heterocycles. The molecule has 2 aliphatic rings. The number of unbranched alkanes of at least 4 members (excludes halogenated alkanes) is 3. The Morgan fingerprint density at radius 1 is 0.676 bits per heavy atom. The summed E-state index contributed by atoms with van der Waals surface area (Å²) in [7, 11) is -3.67. The number of allylic oxidation sites excluding steroid dienone is 1. The van der Waals surface area contributed by atoms with Crippen molar-refractivity contribution in [3.63, 3.8) is 0 Å². The van der Waals surface area contributed by atoms with Crippen LogP contribution < -0.4 is 11.1 Å². The summed E-state index contributed by atoms with van der Waals surface area (Å²) >= 11 is 1.66. The largest absolute Gasteiger partial charge is 0.456 e. The van der Waals surface area contributed by atoms with E-state index in [1.165, 1.54) is 19.9 Å². The maximum absolute atomic E-state index is 14.2. The number of aliphatic hydroxyl groups excluding tert-OH is 12. The topological polar surface area (TPSA) is 445 Å². The number of aliphatic hydroxyl groups is 12. The number of methoxy groups -OCH3 is 1. The second-order valence-corrected chi connectivity index (χ2v) is 33.0. The van der Waals surface area contributed by atoms with Crippen LogP contribution in [0.1, 0.15) is 287 Å². The highest BCUT2D eigenvalue weighted by molar-refractivity contribution is 7.80. The van der Waals surface area contributed by atoms with Crippen molar-refractivity contribution in [1.82, 2.24) is 15.3 Å². The summed E-state index contributed by atoms with van der Waals surface area (Å²) in [5, 5.41) is 137. The fourth-order valence-corrected chi connectivity index (χ4v) is 15.7. The fraction of sp³-hybridized carbons (Fsp3) is 0.844. The van der Waals surface area contributed by atoms with Gasteiger partial charge in [-0.2, -0.15) is 8.42 Å². The van der Waals surface area contributed by atoms with Gasteiger partial charge in [-0.1, -0.05) is 78.0 Å². The Kier molecular flexibility index (Phi) is 45.1. The minimum atomic E-state index is -5.24. The summed E-state index contributed by atoms with van der Waals surface area (Å²) in [6.45, 7) is 12.2. The van der Waals surface area contributed by atoms with E-state index in [1.807, 2.05) is 26.0 Å². The predicted octanol–water partition coefficient (Wildman–Crippen LogP) is 8.81. The van der Waals surface area contributed by atoms with E-state index >= 15 is 0 Å². The van der Waals surface area contributed by atoms with Crippen molar-refractivity contribution in [2.75, 3.05) is 7.11 Å². The average Bonchev–Trinajstić information content (AvgIpc) is 1.80. The molecule has 16 N–H and O–H groups in total. The van der Waals surface area contributed by atoms with E-state index in [4.69, 9.17) is 33.5 Å². The van der Waals surface area contributed by atoms with Gasteiger partial charge in [0.1, 0.15) is 24.6 Å². The molecular formula is C77H136N4O22S2. The average molecular weight is 1530 g/mol. The molecule has 0 aliphatic carbocycles. The van der Waals surface area contributed by atoms with Crippen LogP contribution in [-0.2, 0) is 46.4 Å². The number of nitrogens with one attached hydrogen (secondary N) is 1. The second-order valence-electron chi connectivity index (χ2n) is 31.1. The first-order valence-corrected chi connectivity index (χ1v) is 41.4. The van der Waals surface area contributed by atoms with Gasteiger partial charge < -0.3 is 91.0 Å². The molecule has 26 nitrogen and oxygen atoms in total. The summed E-state index contributed by atoms with van der Waals surface area (Å²) in [5.74, 6) is -2.95. The van der Waals surface area contributed by atoms with E-state index in [0.717, 1.165) is 68.3 Å². The minimum absolute atomic E-state index is 0.0176. The Labute approximate surface area is 629 Å². The van der Waals surface area contributed by atoms with Crippen LogP contribution in [-0.4, -0.2) is 213 Å². The van der Waals surface area contributed by atoms with Crippen molar-refractivity contribution >= 4 is 33.6 Å². The van der Waals surface area contributed by atoms with E-state index in [1.54, 1.807) is 32.3 Å². The molecule has 2 bridgehead atoms. The van der Waals surface area contributed by atoms with Crippen LogP contribution >= 0.6 is 11.3 Å². The number of oxazole rings is 1. The number of amides is 1. The molecule has 4 rings (SSSR count). The van der Waals surface area contributed by atoms with Crippen LogP contribution in [0.25, 0.3) is 0 Å². The normalized spacial score (nSPS) is 30.3. The van der Waals surface area contributed by atoms with Crippen LogP contribution in [0.3, 0.4) is 0 Å². The van der Waals surface area contributed by atoms with Crippen LogP contribution in [0.5, 0.6) is 0 Å². The van der Waals surface area contributed by atoms with Crippen LogP contribution in [0.15, 0.2) is 39.9 Å². The number of fused-ring (bicyclic) bond motifs is 2. The number of esters is 1. The molecule has 2 aliphatic heterocycles. The first-order chi connectivity index (χ1) is 49.7. The molecule has 23 atom stereocenters. The Morgan fingerprint density at radius 3 is 1.90 bits per heavy atom. The monoisotopic (exact) mass is 1530 g/mol. The van der Waals surface area contributed by atoms with Crippen LogP contribution in [0.2, 0.25) is 0 Å². The summed E-state index contributed by atoms with van der Waals surface area (Å²) in [6.07, 6.45) is 7.45. The number of rotatable bonds is 29. The quantitative estimate of drug-likeness (QED) is 0.0119. The van der Waals surface area contributed by atoms with Gasteiger partial charge in [0.15, 0.2) is 11.6 Å². The summed E-state index contributed by atoms with van der Waals surface area (Å²) in [5.41, 5.74) is 6.57. The highest BCUT2D eigenvalue weighted by Gasteiger charge is 2.40. The number of aryl methyl sites for hydroxylation is 2. The molecule has 4 heterocycles. The lowest BCUT2D eigenvalue weighted by Gasteiger charge is -2.35. The number of nitrogens with zero attached hydrogens (tertiary/aromatic N) is 2. The molecule has 28 heteroatoms. The molecule has 22 unspecified atom stereocenters. The Balaban J connectivity index is 1.34. The number of hydrogen-bond donors (Lipinski definition) is 15. The number of carbonyl (C=O) groups excluding carboxylic acids is 2. The first-order valence-electron chi connectivity index (χ1n) is 39.2. The smallest absolute Gasteiger partial charge is 0.397 e. The van der Waals surface area contributed by atoms with Crippen molar-refractivity contribution in [3.05, 3.63) is 57.7 Å². The van der Waals surface area contributed by atoms with Crippen molar-refractivity contribution in [2.24, 2.45) is 29.4 Å². The maximum atomic E-state index is 14.2. The van der Waals surface area contributed by atoms with Crippen LogP contribution in [0.4, 0.5) is 0 Å². The number of cyclic esters (lactones) is 1. The zero-order chi connectivity index (χ0) is 77.8. The SMILES string of the molecule is COC1/C=C\C(C)CCC(O)CC(O)CCCC(O)CCCCC(C)C(OS(=O)(=O)O)C(NC(=O)/C(C)=C\C(C)C(O)CC(O)CC(O)CCCC(O)CC(O)CC(O)CC2OC(c3csc(CCCCCC[C@@H](C)N)n3)CCC2C)C(C)OC(=O)c2coc(n2)CCCC(O)CC(O)CCCC(O)C1. The number of carbonyl (C=O) groups is 2. The molecule has 0 saturated carbocycles. The standard InChI is InChI=1S/C77H136N4O22S2/c1-48-31-34-62(89)39-57(84)23-15-22-55(82)21-14-13-19-50(3)75(103-105(96,97)98)74(54(7)101-77(95)67-46-100-72(79-67)29-18-28-58(85)38-56(83)24-17-27-61(88)43-66(99-8)35-32-48)81-76(94)52(5)37-51(4)69(93)44-64(91)41-60(87)26-16-25-59(86)40-63(90)42-65(92)45-71-49(2)33-36-70(102-71)68-47-104-73(80-68)30-12-10-9-11-20-53(6)78/h32,35,37,46-51,53-66,69-71,74-75,82-93H,9-31,33-34,36,38-45,78H2,1-8H3,(H,81,94)(H,96,97,98)/b35-32-,52-37-/t48?,49?,50?,51?,53-,54?,55?,56?,57?,58?,59?,60?,61?,62?,63?,64?,65?,66?,69?,70?,71?,74?,75?/m1/s1. The molecular weight excluding hydrogens is 1400 g/mol. The molecule has 1 amide bonds. The van der Waals surface area contributed by atoms with Crippen molar-refractivity contribution in [1.29, 1.82) is 0 Å². The number of hydrogen-bond acceptors (Lipinski definition) is 25. The first kappa shape index (κ1) is 93.9.